The van der Waals surface area contributed by atoms with E-state index in [0.717, 1.165) is 12.2 Å². The van der Waals surface area contributed by atoms with E-state index in [-0.39, 0.29) is 0 Å². The number of hydrogen-bond acceptors (Lipinski definition) is 1. The minimum atomic E-state index is 0.297. The maximum atomic E-state index is 11.0. The van der Waals surface area contributed by atoms with Crippen LogP contribution >= 0.6 is 0 Å². The first-order valence-corrected chi connectivity index (χ1v) is 7.04. The van der Waals surface area contributed by atoms with Crippen molar-refractivity contribution in [2.75, 3.05) is 0 Å². The Morgan fingerprint density at radius 1 is 1.29 bits per heavy atom. The lowest BCUT2D eigenvalue weighted by molar-refractivity contribution is -0.107. The molecule has 0 amide bonds. The summed E-state index contributed by atoms with van der Waals surface area (Å²) in [5.74, 6) is 0.766. The van der Waals surface area contributed by atoms with E-state index in [2.05, 4.69) is 27.7 Å². The third-order valence-electron chi connectivity index (χ3n) is 5.53. The van der Waals surface area contributed by atoms with Gasteiger partial charge >= 0.3 is 0 Å². The highest BCUT2D eigenvalue weighted by molar-refractivity contribution is 5.56. The van der Waals surface area contributed by atoms with Gasteiger partial charge in [-0.1, -0.05) is 38.3 Å². The average molecular weight is 234 g/mol. The molecule has 1 fully saturated rings. The summed E-state index contributed by atoms with van der Waals surface area (Å²) in [7, 11) is 0. The molecule has 0 radical (unpaired) electrons. The maximum absolute atomic E-state index is 11.0. The Labute approximate surface area is 106 Å². The lowest BCUT2D eigenvalue weighted by atomic mass is 9.50. The van der Waals surface area contributed by atoms with E-state index in [1.54, 1.807) is 0 Å². The molecule has 1 saturated carbocycles. The van der Waals surface area contributed by atoms with E-state index in [1.165, 1.54) is 43.3 Å². The van der Waals surface area contributed by atoms with Crippen LogP contribution in [-0.4, -0.2) is 6.29 Å². The highest BCUT2D eigenvalue weighted by Gasteiger charge is 2.49. The zero-order valence-corrected chi connectivity index (χ0v) is 11.8. The largest absolute Gasteiger partial charge is 0.303 e. The molecule has 2 rings (SSSR count). The Morgan fingerprint density at radius 2 is 2.00 bits per heavy atom. The van der Waals surface area contributed by atoms with Gasteiger partial charge in [-0.25, -0.2) is 0 Å². The maximum Gasteiger partial charge on any atom is 0.124 e. The first kappa shape index (κ1) is 12.9. The van der Waals surface area contributed by atoms with Crippen molar-refractivity contribution in [2.45, 2.75) is 66.2 Å². The van der Waals surface area contributed by atoms with Crippen LogP contribution in [0.3, 0.4) is 0 Å². The van der Waals surface area contributed by atoms with Gasteiger partial charge in [-0.2, -0.15) is 0 Å². The van der Waals surface area contributed by atoms with Crippen LogP contribution in [0.25, 0.3) is 0 Å². The fraction of sp³-hybridized carbons (Fsp3) is 0.812. The van der Waals surface area contributed by atoms with Crippen molar-refractivity contribution in [2.24, 2.45) is 16.7 Å². The Balaban J connectivity index is 2.42. The van der Waals surface area contributed by atoms with Crippen LogP contribution in [0, 0.1) is 16.7 Å². The van der Waals surface area contributed by atoms with Crippen molar-refractivity contribution in [1.29, 1.82) is 0 Å². The molecule has 1 nitrogen and oxygen atoms in total. The van der Waals surface area contributed by atoms with E-state index < -0.39 is 0 Å². The second kappa shape index (κ2) is 4.26. The van der Waals surface area contributed by atoms with Crippen molar-refractivity contribution in [3.63, 3.8) is 0 Å². The van der Waals surface area contributed by atoms with Gasteiger partial charge in [0.05, 0.1) is 0 Å². The number of allylic oxidation sites excluding steroid dienone is 2. The smallest absolute Gasteiger partial charge is 0.124 e. The standard InChI is InChI=1S/C16H26O/c1-12-6-7-14-15(2,3)9-5-10-16(14,4)13(12)8-11-17/h11,14H,5-10H2,1-4H3/t14?,16-/m1/s1. The molecular weight excluding hydrogens is 208 g/mol. The van der Waals surface area contributed by atoms with Crippen molar-refractivity contribution < 1.29 is 4.79 Å². The van der Waals surface area contributed by atoms with Crippen molar-refractivity contribution in [3.8, 4) is 0 Å². The van der Waals surface area contributed by atoms with E-state index >= 15 is 0 Å². The molecule has 0 aliphatic heterocycles. The summed E-state index contributed by atoms with van der Waals surface area (Å²) in [5.41, 5.74) is 3.71. The summed E-state index contributed by atoms with van der Waals surface area (Å²) < 4.78 is 0. The third-order valence-corrected chi connectivity index (χ3v) is 5.53. The van der Waals surface area contributed by atoms with Crippen LogP contribution in [0.5, 0.6) is 0 Å². The molecule has 2 aliphatic rings. The Hall–Kier alpha value is -0.590. The second-order valence-corrected chi connectivity index (χ2v) is 6.98. The molecule has 0 N–H and O–H groups in total. The average Bonchev–Trinajstić information content (AvgIpc) is 2.22. The highest BCUT2D eigenvalue weighted by Crippen LogP contribution is 2.59. The molecule has 0 heterocycles. The molecule has 0 bridgehead atoms. The number of carbonyl (C=O) groups is 1. The molecule has 17 heavy (non-hydrogen) atoms. The summed E-state index contributed by atoms with van der Waals surface area (Å²) >= 11 is 0. The van der Waals surface area contributed by atoms with Crippen LogP contribution in [0.2, 0.25) is 0 Å². The first-order valence-electron chi connectivity index (χ1n) is 7.04. The van der Waals surface area contributed by atoms with Crippen LogP contribution in [0.15, 0.2) is 11.1 Å². The molecule has 0 aromatic heterocycles. The molecule has 0 saturated heterocycles. The number of fused-ring (bicyclic) bond motifs is 1. The summed E-state index contributed by atoms with van der Waals surface area (Å²) in [5, 5.41) is 0. The monoisotopic (exact) mass is 234 g/mol. The Bertz CT molecular complexity index is 351. The summed E-state index contributed by atoms with van der Waals surface area (Å²) in [6, 6.07) is 0. The van der Waals surface area contributed by atoms with E-state index in [9.17, 15) is 4.79 Å². The predicted molar refractivity (Wildman–Crippen MR) is 71.8 cm³/mol. The van der Waals surface area contributed by atoms with Crippen molar-refractivity contribution in [3.05, 3.63) is 11.1 Å². The van der Waals surface area contributed by atoms with Crippen molar-refractivity contribution in [1.82, 2.24) is 0 Å². The quantitative estimate of drug-likeness (QED) is 0.507. The molecule has 2 aliphatic carbocycles. The molecule has 96 valence electrons. The van der Waals surface area contributed by atoms with Gasteiger partial charge in [-0.15, -0.1) is 0 Å². The third kappa shape index (κ3) is 1.98. The minimum absolute atomic E-state index is 0.297. The molecule has 1 heteroatoms. The van der Waals surface area contributed by atoms with Crippen LogP contribution in [-0.2, 0) is 4.79 Å². The van der Waals surface area contributed by atoms with Gasteiger partial charge in [-0.3, -0.25) is 0 Å². The molecule has 0 aromatic carbocycles. The highest BCUT2D eigenvalue weighted by atomic mass is 16.1. The fourth-order valence-corrected chi connectivity index (χ4v) is 4.68. The number of rotatable bonds is 2. The van der Waals surface area contributed by atoms with Crippen molar-refractivity contribution >= 4 is 6.29 Å². The van der Waals surface area contributed by atoms with Crippen LogP contribution in [0.1, 0.15) is 66.2 Å². The molecular formula is C16H26O. The zero-order valence-electron chi connectivity index (χ0n) is 11.8. The number of carbonyl (C=O) groups excluding carboxylic acids is 1. The SMILES string of the molecule is CC1=C(CC=O)[C@@]2(C)CCCC(C)(C)C2CC1. The van der Waals surface area contributed by atoms with Gasteiger partial charge in [0, 0.05) is 6.42 Å². The topological polar surface area (TPSA) is 17.1 Å². The lowest BCUT2D eigenvalue weighted by Crippen LogP contribution is -2.45. The normalized spacial score (nSPS) is 36.6. The van der Waals surface area contributed by atoms with Gasteiger partial charge in [0.1, 0.15) is 6.29 Å². The Kier molecular flexibility index (Phi) is 3.22. The number of aldehydes is 1. The van der Waals surface area contributed by atoms with E-state index in [1.807, 2.05) is 0 Å². The number of hydrogen-bond donors (Lipinski definition) is 0. The van der Waals surface area contributed by atoms with Crippen LogP contribution in [0.4, 0.5) is 0 Å². The first-order chi connectivity index (χ1) is 7.92. The molecule has 0 aromatic rings. The van der Waals surface area contributed by atoms with E-state index in [0.29, 0.717) is 17.3 Å². The van der Waals surface area contributed by atoms with E-state index in [4.69, 9.17) is 0 Å². The van der Waals surface area contributed by atoms with Gasteiger partial charge in [0.15, 0.2) is 0 Å². The molecule has 1 unspecified atom stereocenters. The predicted octanol–water partition coefficient (Wildman–Crippen LogP) is 4.52. The fourth-order valence-electron chi connectivity index (χ4n) is 4.68. The van der Waals surface area contributed by atoms with Gasteiger partial charge in [0.2, 0.25) is 0 Å². The summed E-state index contributed by atoms with van der Waals surface area (Å²) in [6.07, 6.45) is 8.23. The zero-order chi connectivity index (χ0) is 12.7. The summed E-state index contributed by atoms with van der Waals surface area (Å²) in [4.78, 5) is 11.0. The minimum Gasteiger partial charge on any atom is -0.303 e. The second-order valence-electron chi connectivity index (χ2n) is 6.98. The van der Waals surface area contributed by atoms with Gasteiger partial charge in [0.25, 0.3) is 0 Å². The summed E-state index contributed by atoms with van der Waals surface area (Å²) in [6.45, 7) is 9.50. The lowest BCUT2D eigenvalue weighted by Gasteiger charge is -2.55. The molecule has 2 atom stereocenters. The molecule has 0 spiro atoms. The van der Waals surface area contributed by atoms with Gasteiger partial charge in [-0.05, 0) is 49.4 Å². The van der Waals surface area contributed by atoms with Crippen LogP contribution < -0.4 is 0 Å². The Morgan fingerprint density at radius 3 is 2.65 bits per heavy atom. The van der Waals surface area contributed by atoms with Gasteiger partial charge < -0.3 is 4.79 Å².